The zero-order chi connectivity index (χ0) is 19.9. The highest BCUT2D eigenvalue weighted by Gasteiger charge is 2.40. The fraction of sp³-hybridized carbons (Fsp3) is 0.571. The molecular weight excluding hydrogens is 352 g/mol. The maximum absolute atomic E-state index is 12.3. The molecule has 2 unspecified atom stereocenters. The van der Waals surface area contributed by atoms with E-state index in [1.165, 1.54) is 0 Å². The van der Waals surface area contributed by atoms with Crippen molar-refractivity contribution in [3.63, 3.8) is 0 Å². The summed E-state index contributed by atoms with van der Waals surface area (Å²) in [4.78, 5) is 21.0. The van der Waals surface area contributed by atoms with E-state index in [1.54, 1.807) is 6.20 Å². The van der Waals surface area contributed by atoms with E-state index in [9.17, 15) is 10.1 Å². The minimum atomic E-state index is -0.0987. The molecule has 4 rings (SSSR count). The van der Waals surface area contributed by atoms with Crippen LogP contribution < -0.4 is 10.6 Å². The van der Waals surface area contributed by atoms with Gasteiger partial charge in [-0.05, 0) is 30.4 Å². The lowest BCUT2D eigenvalue weighted by Gasteiger charge is -2.47. The van der Waals surface area contributed by atoms with Crippen molar-refractivity contribution in [2.45, 2.75) is 44.8 Å². The number of nitrogens with zero attached hydrogens (tertiary/aromatic N) is 4. The molecule has 0 aromatic heterocycles. The van der Waals surface area contributed by atoms with E-state index in [0.29, 0.717) is 5.57 Å². The highest BCUT2D eigenvalue weighted by Crippen LogP contribution is 2.34. The second-order valence-corrected chi connectivity index (χ2v) is 8.93. The van der Waals surface area contributed by atoms with Crippen molar-refractivity contribution in [3.8, 4) is 6.07 Å². The lowest BCUT2D eigenvalue weighted by Crippen LogP contribution is -2.57. The van der Waals surface area contributed by atoms with Crippen LogP contribution in [0, 0.1) is 16.7 Å². The van der Waals surface area contributed by atoms with Gasteiger partial charge in [-0.25, -0.2) is 0 Å². The lowest BCUT2D eigenvalue weighted by atomic mass is 9.80. The third-order valence-corrected chi connectivity index (χ3v) is 6.03. The normalized spacial score (nSPS) is 31.4. The fourth-order valence-corrected chi connectivity index (χ4v) is 4.81. The molecular formula is C21H28N6O. The number of likely N-dealkylation sites (N-methyl/N-ethyl adjacent to an activating group) is 1. The highest BCUT2D eigenvalue weighted by molar-refractivity contribution is 6.10. The Bertz CT molecular complexity index is 830. The average molecular weight is 380 g/mol. The third kappa shape index (κ3) is 3.45. The van der Waals surface area contributed by atoms with Crippen LogP contribution in [0.2, 0.25) is 0 Å². The summed E-state index contributed by atoms with van der Waals surface area (Å²) in [6, 6.07) is 2.31. The monoisotopic (exact) mass is 380 g/mol. The van der Waals surface area contributed by atoms with Gasteiger partial charge < -0.3 is 20.4 Å². The summed E-state index contributed by atoms with van der Waals surface area (Å²) in [5.74, 6) is 0.196. The Hall–Kier alpha value is -2.59. The summed E-state index contributed by atoms with van der Waals surface area (Å²) in [5.41, 5.74) is 2.64. The molecule has 28 heavy (non-hydrogen) atoms. The Kier molecular flexibility index (Phi) is 4.76. The van der Waals surface area contributed by atoms with Gasteiger partial charge in [0.15, 0.2) is 0 Å². The number of nitrogens with one attached hydrogen (secondary N) is 2. The van der Waals surface area contributed by atoms with Crippen molar-refractivity contribution < 1.29 is 4.79 Å². The van der Waals surface area contributed by atoms with E-state index in [0.717, 1.165) is 43.9 Å². The number of fused-ring (bicyclic) bond motifs is 1. The number of rotatable bonds is 3. The Morgan fingerprint density at radius 3 is 2.93 bits per heavy atom. The minimum Gasteiger partial charge on any atom is -0.376 e. The number of piperidine rings is 1. The van der Waals surface area contributed by atoms with Crippen LogP contribution in [-0.4, -0.2) is 66.2 Å². The van der Waals surface area contributed by atoms with Crippen LogP contribution in [0.15, 0.2) is 40.8 Å². The Morgan fingerprint density at radius 2 is 2.21 bits per heavy atom. The van der Waals surface area contributed by atoms with Crippen molar-refractivity contribution in [1.29, 1.82) is 5.26 Å². The molecule has 4 aliphatic rings. The second-order valence-electron chi connectivity index (χ2n) is 8.93. The van der Waals surface area contributed by atoms with Crippen molar-refractivity contribution in [3.05, 3.63) is 35.8 Å². The molecule has 7 nitrogen and oxygen atoms in total. The number of hydrogen-bond donors (Lipinski definition) is 2. The predicted molar refractivity (Wildman–Crippen MR) is 108 cm³/mol. The van der Waals surface area contributed by atoms with Gasteiger partial charge in [-0.1, -0.05) is 13.8 Å². The topological polar surface area (TPSA) is 83.8 Å². The molecule has 1 amide bonds. The van der Waals surface area contributed by atoms with Crippen LogP contribution in [0.1, 0.15) is 26.7 Å². The first-order valence-corrected chi connectivity index (χ1v) is 9.95. The van der Waals surface area contributed by atoms with E-state index in [1.807, 2.05) is 30.3 Å². The van der Waals surface area contributed by atoms with E-state index in [2.05, 4.69) is 40.4 Å². The summed E-state index contributed by atoms with van der Waals surface area (Å²) >= 11 is 0. The molecule has 0 radical (unpaired) electrons. The zero-order valence-electron chi connectivity index (χ0n) is 16.8. The second kappa shape index (κ2) is 7.10. The molecule has 7 heteroatoms. The van der Waals surface area contributed by atoms with Crippen LogP contribution in [0.4, 0.5) is 0 Å². The van der Waals surface area contributed by atoms with Gasteiger partial charge in [0, 0.05) is 50.8 Å². The number of hydrogen-bond acceptors (Lipinski definition) is 6. The Labute approximate surface area is 166 Å². The summed E-state index contributed by atoms with van der Waals surface area (Å²) in [5, 5.41) is 16.4. The maximum Gasteiger partial charge on any atom is 0.239 e. The maximum atomic E-state index is 12.3. The fourth-order valence-electron chi connectivity index (χ4n) is 4.81. The first kappa shape index (κ1) is 18.8. The van der Waals surface area contributed by atoms with Crippen molar-refractivity contribution in [2.24, 2.45) is 10.4 Å². The van der Waals surface area contributed by atoms with Gasteiger partial charge in [0.25, 0.3) is 0 Å². The molecule has 1 aliphatic carbocycles. The minimum absolute atomic E-state index is 0.0796. The number of allylic oxidation sites excluding steroid dienone is 2. The summed E-state index contributed by atoms with van der Waals surface area (Å²) in [6.45, 7) is 7.15. The van der Waals surface area contributed by atoms with E-state index < -0.39 is 0 Å². The van der Waals surface area contributed by atoms with E-state index >= 15 is 0 Å². The third-order valence-electron chi connectivity index (χ3n) is 6.03. The summed E-state index contributed by atoms with van der Waals surface area (Å²) in [7, 11) is 1.87. The molecule has 0 aromatic carbocycles. The first-order valence-electron chi connectivity index (χ1n) is 9.95. The van der Waals surface area contributed by atoms with Gasteiger partial charge >= 0.3 is 0 Å². The number of aliphatic imine (C=N–C) groups is 1. The summed E-state index contributed by atoms with van der Waals surface area (Å²) in [6.07, 6.45) is 9.34. The lowest BCUT2D eigenvalue weighted by molar-refractivity contribution is -0.128. The molecule has 3 heterocycles. The first-order chi connectivity index (χ1) is 13.4. The van der Waals surface area contributed by atoms with Gasteiger partial charge in [-0.2, -0.15) is 5.26 Å². The molecule has 0 spiro atoms. The Morgan fingerprint density at radius 1 is 1.39 bits per heavy atom. The highest BCUT2D eigenvalue weighted by atomic mass is 16.2. The van der Waals surface area contributed by atoms with E-state index in [-0.39, 0.29) is 29.4 Å². The molecule has 3 aliphatic heterocycles. The Balaban J connectivity index is 1.56. The SMILES string of the molecule is CN1CCC(N[C@H]2CN(C3=CC=C(C#N)C4=NC=CNC34)CC(C)(C)C2)C1=O. The van der Waals surface area contributed by atoms with Gasteiger partial charge in [-0.3, -0.25) is 9.79 Å². The molecule has 2 fully saturated rings. The van der Waals surface area contributed by atoms with Crippen molar-refractivity contribution in [2.75, 3.05) is 26.7 Å². The molecule has 0 aromatic rings. The van der Waals surface area contributed by atoms with E-state index in [4.69, 9.17) is 0 Å². The number of carbonyl (C=O) groups excluding carboxylic acids is 1. The quantitative estimate of drug-likeness (QED) is 0.767. The predicted octanol–water partition coefficient (Wildman–Crippen LogP) is 1.14. The molecule has 148 valence electrons. The van der Waals surface area contributed by atoms with Crippen LogP contribution in [0.5, 0.6) is 0 Å². The number of nitriles is 1. The summed E-state index contributed by atoms with van der Waals surface area (Å²) < 4.78 is 0. The van der Waals surface area contributed by atoms with Gasteiger partial charge in [0.05, 0.1) is 17.3 Å². The molecule has 2 saturated heterocycles. The smallest absolute Gasteiger partial charge is 0.239 e. The van der Waals surface area contributed by atoms with Crippen molar-refractivity contribution in [1.82, 2.24) is 20.4 Å². The zero-order valence-corrected chi connectivity index (χ0v) is 16.8. The molecule has 0 saturated carbocycles. The van der Waals surface area contributed by atoms with Crippen LogP contribution in [0.25, 0.3) is 0 Å². The average Bonchev–Trinajstić information content (AvgIpc) is 2.98. The molecule has 2 N–H and O–H groups in total. The van der Waals surface area contributed by atoms with Gasteiger partial charge in [-0.15, -0.1) is 0 Å². The van der Waals surface area contributed by atoms with Gasteiger partial charge in [0.1, 0.15) is 12.1 Å². The number of carbonyl (C=O) groups is 1. The van der Waals surface area contributed by atoms with Gasteiger partial charge in [0.2, 0.25) is 5.91 Å². The van der Waals surface area contributed by atoms with Crippen LogP contribution >= 0.6 is 0 Å². The van der Waals surface area contributed by atoms with Crippen LogP contribution in [0.3, 0.4) is 0 Å². The molecule has 0 bridgehead atoms. The standard InChI is InChI=1S/C21H28N6O/c1-21(2)10-15(25-16-6-9-26(3)20(16)28)12-27(13-21)17-5-4-14(11-22)18-19(17)24-8-7-23-18/h4-5,7-8,15-16,19,24-25H,6,9-10,12-13H2,1-3H3/t15-,16?,19?/m1/s1. The largest absolute Gasteiger partial charge is 0.376 e. The number of likely N-dealkylation sites (tertiary alicyclic amines) is 2. The van der Waals surface area contributed by atoms with Crippen LogP contribution in [-0.2, 0) is 4.79 Å². The molecule has 3 atom stereocenters. The number of amides is 1. The van der Waals surface area contributed by atoms with Crippen molar-refractivity contribution >= 4 is 11.6 Å².